The number of likely N-dealkylation sites (N-methyl/N-ethyl adjacent to an activating group) is 1. The lowest BCUT2D eigenvalue weighted by atomic mass is 10.1. The number of hydrogen-bond acceptors (Lipinski definition) is 4. The summed E-state index contributed by atoms with van der Waals surface area (Å²) in [7, 11) is 3.63. The molecule has 0 spiro atoms. The molecule has 1 aliphatic heterocycles. The van der Waals surface area contributed by atoms with Gasteiger partial charge in [0, 0.05) is 50.9 Å². The topological polar surface area (TPSA) is 27.7 Å². The van der Waals surface area contributed by atoms with Gasteiger partial charge in [-0.2, -0.15) is 0 Å². The number of nitrogens with zero attached hydrogens (tertiary/aromatic N) is 2. The molecule has 0 saturated carbocycles. The Hall–Kier alpha value is -1.17. The number of benzene rings is 1. The van der Waals surface area contributed by atoms with Gasteiger partial charge in [0.25, 0.3) is 0 Å². The van der Waals surface area contributed by atoms with Crippen LogP contribution in [0.3, 0.4) is 0 Å². The van der Waals surface area contributed by atoms with Crippen LogP contribution in [0.1, 0.15) is 18.5 Å². The van der Waals surface area contributed by atoms with Crippen molar-refractivity contribution in [3.63, 3.8) is 0 Å². The van der Waals surface area contributed by atoms with E-state index in [0.717, 1.165) is 39.3 Å². The zero-order chi connectivity index (χ0) is 15.2. The number of methoxy groups -OCH3 is 1. The van der Waals surface area contributed by atoms with Crippen molar-refractivity contribution in [1.82, 2.24) is 15.1 Å². The van der Waals surface area contributed by atoms with Crippen LogP contribution in [0.5, 0.6) is 5.75 Å². The zero-order valence-electron chi connectivity index (χ0n) is 13.2. The highest BCUT2D eigenvalue weighted by molar-refractivity contribution is 5.36. The van der Waals surface area contributed by atoms with E-state index in [-0.39, 0.29) is 11.9 Å². The largest absolute Gasteiger partial charge is 0.496 e. The molecule has 118 valence electrons. The molecule has 4 nitrogen and oxygen atoms in total. The summed E-state index contributed by atoms with van der Waals surface area (Å²) in [5.74, 6) is 0.424. The fourth-order valence-corrected chi connectivity index (χ4v) is 2.75. The molecule has 5 heteroatoms. The van der Waals surface area contributed by atoms with Crippen LogP contribution in [0, 0.1) is 5.82 Å². The standard InChI is InChI=1S/C16H26FN3O/c1-13(16-14(17)5-4-6-15(16)21-3)19(2)11-12-20-9-7-18-8-10-20/h4-6,13,18H,7-12H2,1-3H3. The molecule has 0 aliphatic carbocycles. The number of nitrogens with one attached hydrogen (secondary N) is 1. The van der Waals surface area contributed by atoms with Gasteiger partial charge >= 0.3 is 0 Å². The lowest BCUT2D eigenvalue weighted by Crippen LogP contribution is -2.46. The molecular formula is C16H26FN3O. The van der Waals surface area contributed by atoms with Crippen LogP contribution in [0.4, 0.5) is 4.39 Å². The summed E-state index contributed by atoms with van der Waals surface area (Å²) in [4.78, 5) is 4.63. The van der Waals surface area contributed by atoms with Crippen LogP contribution in [0.2, 0.25) is 0 Å². The van der Waals surface area contributed by atoms with Gasteiger partial charge < -0.3 is 10.1 Å². The first-order chi connectivity index (χ1) is 10.1. The number of rotatable bonds is 6. The number of halogens is 1. The van der Waals surface area contributed by atoms with Gasteiger partial charge in [-0.05, 0) is 26.1 Å². The van der Waals surface area contributed by atoms with E-state index in [0.29, 0.717) is 11.3 Å². The Bertz CT molecular complexity index is 449. The van der Waals surface area contributed by atoms with Crippen molar-refractivity contribution >= 4 is 0 Å². The van der Waals surface area contributed by atoms with Crippen LogP contribution in [0.25, 0.3) is 0 Å². The van der Waals surface area contributed by atoms with E-state index < -0.39 is 0 Å². The molecule has 1 atom stereocenters. The fraction of sp³-hybridized carbons (Fsp3) is 0.625. The Labute approximate surface area is 126 Å². The molecule has 0 aromatic heterocycles. The minimum absolute atomic E-state index is 0.0101. The van der Waals surface area contributed by atoms with Gasteiger partial charge in [-0.25, -0.2) is 4.39 Å². The van der Waals surface area contributed by atoms with Crippen molar-refractivity contribution in [2.24, 2.45) is 0 Å². The molecule has 1 aromatic rings. The Morgan fingerprint density at radius 1 is 1.38 bits per heavy atom. The molecule has 1 aromatic carbocycles. The smallest absolute Gasteiger partial charge is 0.131 e. The second-order valence-electron chi connectivity index (χ2n) is 5.60. The minimum Gasteiger partial charge on any atom is -0.496 e. The molecule has 0 radical (unpaired) electrons. The monoisotopic (exact) mass is 295 g/mol. The lowest BCUT2D eigenvalue weighted by Gasteiger charge is -2.31. The molecule has 21 heavy (non-hydrogen) atoms. The Morgan fingerprint density at radius 2 is 2.10 bits per heavy atom. The third-order valence-corrected chi connectivity index (χ3v) is 4.29. The Morgan fingerprint density at radius 3 is 2.76 bits per heavy atom. The van der Waals surface area contributed by atoms with Gasteiger partial charge in [0.05, 0.1) is 7.11 Å². The number of hydrogen-bond donors (Lipinski definition) is 1. The van der Waals surface area contributed by atoms with Crippen molar-refractivity contribution in [3.05, 3.63) is 29.6 Å². The van der Waals surface area contributed by atoms with E-state index in [1.807, 2.05) is 20.0 Å². The SMILES string of the molecule is COc1cccc(F)c1C(C)N(C)CCN1CCNCC1. The van der Waals surface area contributed by atoms with Gasteiger partial charge in [0.15, 0.2) is 0 Å². The van der Waals surface area contributed by atoms with Gasteiger partial charge in [-0.15, -0.1) is 0 Å². The average Bonchev–Trinajstić information content (AvgIpc) is 2.52. The van der Waals surface area contributed by atoms with Crippen molar-refractivity contribution < 1.29 is 9.13 Å². The summed E-state index contributed by atoms with van der Waals surface area (Å²) in [5.41, 5.74) is 0.641. The average molecular weight is 295 g/mol. The highest BCUT2D eigenvalue weighted by atomic mass is 19.1. The highest BCUT2D eigenvalue weighted by Gasteiger charge is 2.20. The number of piperazine rings is 1. The first kappa shape index (κ1) is 16.2. The van der Waals surface area contributed by atoms with Crippen LogP contribution in [-0.2, 0) is 0 Å². The molecule has 0 amide bonds. The van der Waals surface area contributed by atoms with Crippen molar-refractivity contribution in [2.75, 3.05) is 53.4 Å². The van der Waals surface area contributed by atoms with Crippen LogP contribution >= 0.6 is 0 Å². The highest BCUT2D eigenvalue weighted by Crippen LogP contribution is 2.30. The maximum absolute atomic E-state index is 14.1. The molecule has 1 unspecified atom stereocenters. The molecular weight excluding hydrogens is 269 g/mol. The zero-order valence-corrected chi connectivity index (χ0v) is 13.2. The second kappa shape index (κ2) is 7.73. The third-order valence-electron chi connectivity index (χ3n) is 4.29. The van der Waals surface area contributed by atoms with Crippen molar-refractivity contribution in [1.29, 1.82) is 0 Å². The van der Waals surface area contributed by atoms with E-state index in [9.17, 15) is 4.39 Å². The maximum Gasteiger partial charge on any atom is 0.131 e. The summed E-state index contributed by atoms with van der Waals surface area (Å²) in [6.45, 7) is 8.24. The molecule has 1 saturated heterocycles. The van der Waals surface area contributed by atoms with E-state index in [1.54, 1.807) is 13.2 Å². The van der Waals surface area contributed by atoms with Crippen LogP contribution in [0.15, 0.2) is 18.2 Å². The summed E-state index contributed by atoms with van der Waals surface area (Å²) >= 11 is 0. The maximum atomic E-state index is 14.1. The van der Waals surface area contributed by atoms with Crippen LogP contribution < -0.4 is 10.1 Å². The first-order valence-corrected chi connectivity index (χ1v) is 7.59. The van der Waals surface area contributed by atoms with Gasteiger partial charge in [-0.1, -0.05) is 6.07 Å². The van der Waals surface area contributed by atoms with E-state index >= 15 is 0 Å². The summed E-state index contributed by atoms with van der Waals surface area (Å²) < 4.78 is 19.4. The predicted molar refractivity (Wildman–Crippen MR) is 83.3 cm³/mol. The van der Waals surface area contributed by atoms with Crippen LogP contribution in [-0.4, -0.2) is 63.2 Å². The van der Waals surface area contributed by atoms with Gasteiger partial charge in [-0.3, -0.25) is 9.80 Å². The minimum atomic E-state index is -0.198. The first-order valence-electron chi connectivity index (χ1n) is 7.59. The molecule has 1 fully saturated rings. The lowest BCUT2D eigenvalue weighted by molar-refractivity contribution is 0.180. The Balaban J connectivity index is 1.96. The molecule has 2 rings (SSSR count). The van der Waals surface area contributed by atoms with Gasteiger partial charge in [0.1, 0.15) is 11.6 Å². The van der Waals surface area contributed by atoms with Gasteiger partial charge in [0.2, 0.25) is 0 Å². The van der Waals surface area contributed by atoms with Crippen molar-refractivity contribution in [2.45, 2.75) is 13.0 Å². The third kappa shape index (κ3) is 4.15. The Kier molecular flexibility index (Phi) is 5.96. The van der Waals surface area contributed by atoms with E-state index in [2.05, 4.69) is 15.1 Å². The summed E-state index contributed by atoms with van der Waals surface area (Å²) in [5, 5.41) is 3.35. The van der Waals surface area contributed by atoms with Crippen molar-refractivity contribution in [3.8, 4) is 5.75 Å². The van der Waals surface area contributed by atoms with E-state index in [4.69, 9.17) is 4.74 Å². The normalized spacial score (nSPS) is 18.0. The predicted octanol–water partition coefficient (Wildman–Crippen LogP) is 1.73. The number of ether oxygens (including phenoxy) is 1. The summed E-state index contributed by atoms with van der Waals surface area (Å²) in [6, 6.07) is 4.99. The summed E-state index contributed by atoms with van der Waals surface area (Å²) in [6.07, 6.45) is 0. The molecule has 1 heterocycles. The molecule has 0 bridgehead atoms. The molecule has 1 N–H and O–H groups in total. The second-order valence-corrected chi connectivity index (χ2v) is 5.60. The fourth-order valence-electron chi connectivity index (χ4n) is 2.75. The molecule has 1 aliphatic rings. The van der Waals surface area contributed by atoms with E-state index in [1.165, 1.54) is 6.07 Å². The quantitative estimate of drug-likeness (QED) is 0.865.